The molecular weight excluding hydrogens is 389 g/mol. The summed E-state index contributed by atoms with van der Waals surface area (Å²) in [4.78, 5) is 35.2. The molecule has 2 N–H and O–H groups in total. The number of carboxylic acids is 1. The first-order valence-electron chi connectivity index (χ1n) is 9.19. The molecule has 1 aliphatic rings. The van der Waals surface area contributed by atoms with Crippen molar-refractivity contribution in [3.05, 3.63) is 87.5 Å². The number of benzene rings is 2. The van der Waals surface area contributed by atoms with E-state index >= 15 is 0 Å². The molecule has 7 heteroatoms. The van der Waals surface area contributed by atoms with Gasteiger partial charge in [-0.05, 0) is 54.3 Å². The number of hydrogen-bond acceptors (Lipinski definition) is 4. The SMILES string of the molecule is O=C(O)/C=C/C(=O)Nc1ccc2c(=O)c3c(oc2c1)/C(=C/c1ccc(F)cc1)CC3. The van der Waals surface area contributed by atoms with Crippen LogP contribution in [0.4, 0.5) is 10.1 Å². The molecule has 0 atom stereocenters. The second-order valence-corrected chi connectivity index (χ2v) is 6.83. The van der Waals surface area contributed by atoms with E-state index in [1.54, 1.807) is 24.3 Å². The summed E-state index contributed by atoms with van der Waals surface area (Å²) < 4.78 is 19.1. The minimum absolute atomic E-state index is 0.127. The highest BCUT2D eigenvalue weighted by Crippen LogP contribution is 2.34. The third-order valence-electron chi connectivity index (χ3n) is 4.78. The van der Waals surface area contributed by atoms with Crippen LogP contribution in [0, 0.1) is 5.82 Å². The Morgan fingerprint density at radius 2 is 1.83 bits per heavy atom. The average molecular weight is 405 g/mol. The number of hydrogen-bond donors (Lipinski definition) is 2. The highest BCUT2D eigenvalue weighted by molar-refractivity contribution is 6.03. The van der Waals surface area contributed by atoms with Gasteiger partial charge >= 0.3 is 5.97 Å². The first kappa shape index (κ1) is 19.3. The monoisotopic (exact) mass is 405 g/mol. The Kier molecular flexibility index (Phi) is 5.02. The van der Waals surface area contributed by atoms with Crippen LogP contribution in [0.5, 0.6) is 0 Å². The normalized spacial score (nSPS) is 14.4. The predicted octanol–water partition coefficient (Wildman–Crippen LogP) is 4.00. The molecule has 0 unspecified atom stereocenters. The molecule has 1 heterocycles. The van der Waals surface area contributed by atoms with Crippen LogP contribution in [0.3, 0.4) is 0 Å². The lowest BCUT2D eigenvalue weighted by Crippen LogP contribution is -2.11. The lowest BCUT2D eigenvalue weighted by molar-refractivity contribution is -0.131. The van der Waals surface area contributed by atoms with E-state index in [1.807, 2.05) is 6.08 Å². The summed E-state index contributed by atoms with van der Waals surface area (Å²) in [6.07, 6.45) is 4.68. The van der Waals surface area contributed by atoms with Crippen molar-refractivity contribution in [3.8, 4) is 0 Å². The molecule has 30 heavy (non-hydrogen) atoms. The van der Waals surface area contributed by atoms with E-state index in [-0.39, 0.29) is 11.2 Å². The van der Waals surface area contributed by atoms with Gasteiger partial charge in [-0.25, -0.2) is 9.18 Å². The Morgan fingerprint density at radius 1 is 1.07 bits per heavy atom. The third-order valence-corrected chi connectivity index (χ3v) is 4.78. The second-order valence-electron chi connectivity index (χ2n) is 6.83. The van der Waals surface area contributed by atoms with Crippen molar-refractivity contribution in [2.75, 3.05) is 5.32 Å². The zero-order valence-corrected chi connectivity index (χ0v) is 15.6. The van der Waals surface area contributed by atoms with Gasteiger partial charge in [0.1, 0.15) is 17.2 Å². The standard InChI is InChI=1S/C23H16FNO5/c24-15-4-1-13(2-5-15)11-14-3-7-18-22(29)17-8-6-16(12-19(17)30-23(14)18)25-20(26)9-10-21(27)28/h1-2,4-6,8-12H,3,7H2,(H,25,26)(H,27,28)/b10-9+,14-11+. The highest BCUT2D eigenvalue weighted by atomic mass is 19.1. The number of amides is 1. The van der Waals surface area contributed by atoms with Crippen molar-refractivity contribution in [2.24, 2.45) is 0 Å². The molecule has 2 aromatic carbocycles. The quantitative estimate of drug-likeness (QED) is 0.640. The Morgan fingerprint density at radius 3 is 2.57 bits per heavy atom. The number of carbonyl (C=O) groups excluding carboxylic acids is 1. The maximum Gasteiger partial charge on any atom is 0.328 e. The summed E-state index contributed by atoms with van der Waals surface area (Å²) in [5, 5.41) is 11.5. The van der Waals surface area contributed by atoms with Crippen LogP contribution in [0.2, 0.25) is 0 Å². The average Bonchev–Trinajstić information content (AvgIpc) is 3.11. The van der Waals surface area contributed by atoms with E-state index < -0.39 is 11.9 Å². The number of allylic oxidation sites excluding steroid dienone is 1. The molecule has 0 aliphatic heterocycles. The molecule has 1 aromatic heterocycles. The number of carbonyl (C=O) groups is 2. The predicted molar refractivity (Wildman–Crippen MR) is 110 cm³/mol. The summed E-state index contributed by atoms with van der Waals surface area (Å²) >= 11 is 0. The third kappa shape index (κ3) is 3.91. The number of carboxylic acid groups (broad SMARTS) is 1. The lowest BCUT2D eigenvalue weighted by atomic mass is 10.1. The minimum Gasteiger partial charge on any atom is -0.478 e. The van der Waals surface area contributed by atoms with E-state index in [9.17, 15) is 18.8 Å². The van der Waals surface area contributed by atoms with Gasteiger partial charge in [-0.15, -0.1) is 0 Å². The first-order valence-corrected chi connectivity index (χ1v) is 9.19. The van der Waals surface area contributed by atoms with E-state index in [2.05, 4.69) is 5.32 Å². The molecule has 3 aromatic rings. The van der Waals surface area contributed by atoms with Crippen LogP contribution in [0.25, 0.3) is 22.6 Å². The number of rotatable bonds is 4. The van der Waals surface area contributed by atoms with E-state index in [1.165, 1.54) is 18.2 Å². The Bertz CT molecular complexity index is 1290. The lowest BCUT2D eigenvalue weighted by Gasteiger charge is -2.07. The maximum absolute atomic E-state index is 13.1. The van der Waals surface area contributed by atoms with E-state index in [0.717, 1.165) is 23.3 Å². The maximum atomic E-state index is 13.1. The van der Waals surface area contributed by atoms with Gasteiger partial charge in [0, 0.05) is 29.5 Å². The fourth-order valence-electron chi connectivity index (χ4n) is 3.40. The summed E-state index contributed by atoms with van der Waals surface area (Å²) in [5.74, 6) is -1.68. The molecule has 4 rings (SSSR count). The molecule has 6 nitrogen and oxygen atoms in total. The van der Waals surface area contributed by atoms with Gasteiger partial charge in [-0.2, -0.15) is 0 Å². The summed E-state index contributed by atoms with van der Waals surface area (Å²) in [5.41, 5.74) is 2.79. The minimum atomic E-state index is -1.23. The van der Waals surface area contributed by atoms with Crippen molar-refractivity contribution in [3.63, 3.8) is 0 Å². The van der Waals surface area contributed by atoms with Crippen LogP contribution < -0.4 is 10.7 Å². The van der Waals surface area contributed by atoms with Gasteiger partial charge < -0.3 is 14.8 Å². The number of halogens is 1. The van der Waals surface area contributed by atoms with Gasteiger partial charge in [-0.3, -0.25) is 9.59 Å². The molecular formula is C23H16FNO5. The van der Waals surface area contributed by atoms with Crippen LogP contribution >= 0.6 is 0 Å². The molecule has 150 valence electrons. The number of aliphatic carboxylic acids is 1. The number of fused-ring (bicyclic) bond motifs is 2. The van der Waals surface area contributed by atoms with E-state index in [4.69, 9.17) is 9.52 Å². The first-order chi connectivity index (χ1) is 14.4. The van der Waals surface area contributed by atoms with Crippen molar-refractivity contribution < 1.29 is 23.5 Å². The fraction of sp³-hybridized carbons (Fsp3) is 0.0870. The van der Waals surface area contributed by atoms with Crippen LogP contribution in [0.15, 0.2) is 63.8 Å². The zero-order chi connectivity index (χ0) is 21.3. The summed E-state index contributed by atoms with van der Waals surface area (Å²) in [7, 11) is 0. The van der Waals surface area contributed by atoms with Crippen LogP contribution in [-0.4, -0.2) is 17.0 Å². The zero-order valence-electron chi connectivity index (χ0n) is 15.6. The van der Waals surface area contributed by atoms with Crippen molar-refractivity contribution in [2.45, 2.75) is 12.8 Å². The van der Waals surface area contributed by atoms with Crippen LogP contribution in [0.1, 0.15) is 23.3 Å². The highest BCUT2D eigenvalue weighted by Gasteiger charge is 2.24. The topological polar surface area (TPSA) is 96.6 Å². The molecule has 0 bridgehead atoms. The number of nitrogens with one attached hydrogen (secondary N) is 1. The summed E-state index contributed by atoms with van der Waals surface area (Å²) in [6.45, 7) is 0. The molecule has 0 spiro atoms. The Labute approximate surface area is 170 Å². The Hall–Kier alpha value is -4.00. The molecule has 1 amide bonds. The molecule has 0 saturated carbocycles. The Balaban J connectivity index is 1.71. The van der Waals surface area contributed by atoms with E-state index in [0.29, 0.717) is 40.8 Å². The number of anilines is 1. The molecule has 0 radical (unpaired) electrons. The second kappa shape index (κ2) is 7.79. The molecule has 1 aliphatic carbocycles. The van der Waals surface area contributed by atoms with Gasteiger partial charge in [0.2, 0.25) is 5.91 Å². The van der Waals surface area contributed by atoms with Crippen LogP contribution in [-0.2, 0) is 16.0 Å². The smallest absolute Gasteiger partial charge is 0.328 e. The molecule has 0 saturated heterocycles. The largest absolute Gasteiger partial charge is 0.478 e. The van der Waals surface area contributed by atoms with Gasteiger partial charge in [0.05, 0.1) is 5.39 Å². The van der Waals surface area contributed by atoms with Crippen molar-refractivity contribution in [1.29, 1.82) is 0 Å². The molecule has 0 fully saturated rings. The van der Waals surface area contributed by atoms with Gasteiger partial charge in [0.15, 0.2) is 5.43 Å². The fourth-order valence-corrected chi connectivity index (χ4v) is 3.40. The van der Waals surface area contributed by atoms with Gasteiger partial charge in [-0.1, -0.05) is 12.1 Å². The van der Waals surface area contributed by atoms with Gasteiger partial charge in [0.25, 0.3) is 0 Å². The summed E-state index contributed by atoms with van der Waals surface area (Å²) in [6, 6.07) is 10.7. The van der Waals surface area contributed by atoms with Crippen molar-refractivity contribution in [1.82, 2.24) is 0 Å². The van der Waals surface area contributed by atoms with Crippen molar-refractivity contribution >= 4 is 40.2 Å².